The minimum absolute atomic E-state index is 0.0297. The van der Waals surface area contributed by atoms with Crippen LogP contribution >= 0.6 is 0 Å². The van der Waals surface area contributed by atoms with Crippen LogP contribution in [0.15, 0.2) is 12.3 Å². The number of rotatable bonds is 5. The van der Waals surface area contributed by atoms with Gasteiger partial charge in [-0.2, -0.15) is 5.10 Å². The van der Waals surface area contributed by atoms with Crippen molar-refractivity contribution in [1.82, 2.24) is 20.0 Å². The van der Waals surface area contributed by atoms with Crippen molar-refractivity contribution in [3.8, 4) is 0 Å². The van der Waals surface area contributed by atoms with E-state index in [0.717, 1.165) is 12.1 Å². The minimum atomic E-state index is -0.0771. The van der Waals surface area contributed by atoms with E-state index in [-0.39, 0.29) is 17.9 Å². The second-order valence-corrected chi connectivity index (χ2v) is 6.01. The van der Waals surface area contributed by atoms with Gasteiger partial charge in [-0.15, -0.1) is 0 Å². The average molecular weight is 292 g/mol. The molecule has 0 aliphatic carbocycles. The number of hydrogen-bond donors (Lipinski definition) is 1. The summed E-state index contributed by atoms with van der Waals surface area (Å²) < 4.78 is 1.88. The van der Waals surface area contributed by atoms with Crippen molar-refractivity contribution in [2.24, 2.45) is 5.92 Å². The van der Waals surface area contributed by atoms with Gasteiger partial charge in [-0.3, -0.25) is 14.3 Å². The highest BCUT2D eigenvalue weighted by Gasteiger charge is 2.29. The van der Waals surface area contributed by atoms with Gasteiger partial charge in [0.25, 0.3) is 0 Å². The predicted molar refractivity (Wildman–Crippen MR) is 79.4 cm³/mol. The largest absolute Gasteiger partial charge is 0.359 e. The molecule has 21 heavy (non-hydrogen) atoms. The van der Waals surface area contributed by atoms with Crippen molar-refractivity contribution in [3.05, 3.63) is 18.0 Å². The summed E-state index contributed by atoms with van der Waals surface area (Å²) in [6.45, 7) is 5.38. The summed E-state index contributed by atoms with van der Waals surface area (Å²) in [5.74, 6) is 0.655. The van der Waals surface area contributed by atoms with Crippen LogP contribution in [0, 0.1) is 5.92 Å². The van der Waals surface area contributed by atoms with E-state index in [1.54, 1.807) is 13.2 Å². The van der Waals surface area contributed by atoms with Gasteiger partial charge in [-0.05, 0) is 18.4 Å². The monoisotopic (exact) mass is 292 g/mol. The van der Waals surface area contributed by atoms with Crippen molar-refractivity contribution >= 4 is 11.8 Å². The second kappa shape index (κ2) is 6.74. The number of carbonyl (C=O) groups is 2. The molecule has 2 amide bonds. The van der Waals surface area contributed by atoms with Crippen molar-refractivity contribution < 1.29 is 9.59 Å². The van der Waals surface area contributed by atoms with E-state index in [4.69, 9.17) is 0 Å². The lowest BCUT2D eigenvalue weighted by atomic mass is 10.1. The third-order valence-corrected chi connectivity index (χ3v) is 3.87. The number of fused-ring (bicyclic) bond motifs is 1. The Morgan fingerprint density at radius 3 is 2.90 bits per heavy atom. The molecule has 0 bridgehead atoms. The number of nitrogens with zero attached hydrogens (tertiary/aromatic N) is 3. The highest BCUT2D eigenvalue weighted by Crippen LogP contribution is 2.24. The molecule has 6 nitrogen and oxygen atoms in total. The first-order valence-corrected chi connectivity index (χ1v) is 7.52. The molecule has 0 saturated heterocycles. The molecule has 0 aromatic carbocycles. The van der Waals surface area contributed by atoms with Gasteiger partial charge in [-0.25, -0.2) is 0 Å². The first-order valence-electron chi connectivity index (χ1n) is 7.52. The summed E-state index contributed by atoms with van der Waals surface area (Å²) in [6, 6.07) is 1.84. The quantitative estimate of drug-likeness (QED) is 0.890. The van der Waals surface area contributed by atoms with Crippen LogP contribution in [0.1, 0.15) is 44.8 Å². The summed E-state index contributed by atoms with van der Waals surface area (Å²) in [4.78, 5) is 25.8. The van der Waals surface area contributed by atoms with Crippen molar-refractivity contribution in [2.75, 3.05) is 13.6 Å². The molecule has 1 aliphatic heterocycles. The van der Waals surface area contributed by atoms with Crippen LogP contribution in [-0.4, -0.2) is 40.1 Å². The zero-order chi connectivity index (χ0) is 15.4. The molecular weight excluding hydrogens is 268 g/mol. The molecule has 1 unspecified atom stereocenters. The molecule has 2 rings (SSSR count). The minimum Gasteiger partial charge on any atom is -0.359 e. The summed E-state index contributed by atoms with van der Waals surface area (Å²) in [5, 5.41) is 6.93. The van der Waals surface area contributed by atoms with Crippen LogP contribution in [0.3, 0.4) is 0 Å². The van der Waals surface area contributed by atoms with Crippen LogP contribution in [0.4, 0.5) is 0 Å². The van der Waals surface area contributed by atoms with E-state index in [0.29, 0.717) is 31.8 Å². The van der Waals surface area contributed by atoms with Gasteiger partial charge in [0.15, 0.2) is 0 Å². The first kappa shape index (κ1) is 15.5. The maximum atomic E-state index is 12.3. The van der Waals surface area contributed by atoms with Crippen LogP contribution in [0.2, 0.25) is 0 Å². The van der Waals surface area contributed by atoms with Crippen molar-refractivity contribution in [2.45, 2.75) is 45.7 Å². The fraction of sp³-hybridized carbons (Fsp3) is 0.667. The molecule has 2 heterocycles. The third-order valence-electron chi connectivity index (χ3n) is 3.87. The normalized spacial score (nSPS) is 17.7. The van der Waals surface area contributed by atoms with Crippen LogP contribution in [0.5, 0.6) is 0 Å². The van der Waals surface area contributed by atoms with Crippen molar-refractivity contribution in [1.29, 1.82) is 0 Å². The molecule has 1 aromatic rings. The molecule has 1 N–H and O–H groups in total. The topological polar surface area (TPSA) is 67.2 Å². The third kappa shape index (κ3) is 3.83. The number of nitrogens with one attached hydrogen (secondary N) is 1. The van der Waals surface area contributed by atoms with Gasteiger partial charge in [0.1, 0.15) is 0 Å². The van der Waals surface area contributed by atoms with Crippen LogP contribution in [-0.2, 0) is 16.1 Å². The molecule has 0 spiro atoms. The maximum absolute atomic E-state index is 12.3. The summed E-state index contributed by atoms with van der Waals surface area (Å²) >= 11 is 0. The molecule has 1 aliphatic rings. The summed E-state index contributed by atoms with van der Waals surface area (Å²) in [7, 11) is 1.63. The van der Waals surface area contributed by atoms with Crippen molar-refractivity contribution in [3.63, 3.8) is 0 Å². The van der Waals surface area contributed by atoms with E-state index in [2.05, 4.69) is 24.3 Å². The molecule has 0 radical (unpaired) electrons. The lowest BCUT2D eigenvalue weighted by Crippen LogP contribution is -2.42. The molecule has 0 saturated carbocycles. The SMILES string of the molecule is CNC(=O)CC1CN(C(=O)CCC(C)C)Cc2ccnn21. The summed E-state index contributed by atoms with van der Waals surface area (Å²) in [5.41, 5.74) is 0.994. The number of hydrogen-bond acceptors (Lipinski definition) is 3. The Morgan fingerprint density at radius 2 is 2.24 bits per heavy atom. The Morgan fingerprint density at radius 1 is 1.48 bits per heavy atom. The smallest absolute Gasteiger partial charge is 0.223 e. The highest BCUT2D eigenvalue weighted by atomic mass is 16.2. The van der Waals surface area contributed by atoms with Gasteiger partial charge in [-0.1, -0.05) is 13.8 Å². The lowest BCUT2D eigenvalue weighted by molar-refractivity contribution is -0.134. The standard InChI is InChI=1S/C15H24N4O2/c1-11(2)4-5-15(21)18-9-12-6-7-17-19(12)13(10-18)8-14(20)16-3/h6-7,11,13H,4-5,8-10H2,1-3H3,(H,16,20). The summed E-state index contributed by atoms with van der Waals surface area (Å²) in [6.07, 6.45) is 3.54. The number of carbonyl (C=O) groups excluding carboxylic acids is 2. The molecule has 1 aromatic heterocycles. The molecule has 0 fully saturated rings. The van der Waals surface area contributed by atoms with Crippen LogP contribution in [0.25, 0.3) is 0 Å². The van der Waals surface area contributed by atoms with E-state index in [9.17, 15) is 9.59 Å². The lowest BCUT2D eigenvalue weighted by Gasteiger charge is -2.33. The Labute approximate surface area is 125 Å². The van der Waals surface area contributed by atoms with E-state index in [1.807, 2.05) is 15.6 Å². The van der Waals surface area contributed by atoms with Crippen LogP contribution < -0.4 is 5.32 Å². The fourth-order valence-corrected chi connectivity index (χ4v) is 2.61. The molecular formula is C15H24N4O2. The van der Waals surface area contributed by atoms with Gasteiger partial charge < -0.3 is 10.2 Å². The van der Waals surface area contributed by atoms with Gasteiger partial charge in [0, 0.05) is 26.2 Å². The number of amides is 2. The van der Waals surface area contributed by atoms with E-state index >= 15 is 0 Å². The zero-order valence-electron chi connectivity index (χ0n) is 13.0. The highest BCUT2D eigenvalue weighted by molar-refractivity contribution is 5.77. The maximum Gasteiger partial charge on any atom is 0.223 e. The molecule has 116 valence electrons. The van der Waals surface area contributed by atoms with Gasteiger partial charge >= 0.3 is 0 Å². The molecule has 1 atom stereocenters. The van der Waals surface area contributed by atoms with E-state index < -0.39 is 0 Å². The fourth-order valence-electron chi connectivity index (χ4n) is 2.61. The first-order chi connectivity index (χ1) is 10.0. The van der Waals surface area contributed by atoms with Gasteiger partial charge in [0.2, 0.25) is 11.8 Å². The zero-order valence-corrected chi connectivity index (χ0v) is 13.0. The Balaban J connectivity index is 2.07. The van der Waals surface area contributed by atoms with Gasteiger partial charge in [0.05, 0.1) is 24.7 Å². The Kier molecular flexibility index (Phi) is 4.98. The van der Waals surface area contributed by atoms with E-state index in [1.165, 1.54) is 0 Å². The average Bonchev–Trinajstić information content (AvgIpc) is 2.93. The Bertz CT molecular complexity index is 510. The predicted octanol–water partition coefficient (Wildman–Crippen LogP) is 1.34. The second-order valence-electron chi connectivity index (χ2n) is 6.01. The Hall–Kier alpha value is -1.85. The number of aromatic nitrogens is 2. The molecule has 6 heteroatoms.